The molecule has 0 bridgehead atoms. The summed E-state index contributed by atoms with van der Waals surface area (Å²) in [4.78, 5) is 0. The molecule has 2 atom stereocenters. The van der Waals surface area contributed by atoms with Crippen LogP contribution in [0.3, 0.4) is 0 Å². The van der Waals surface area contributed by atoms with Gasteiger partial charge in [0.15, 0.2) is 0 Å². The van der Waals surface area contributed by atoms with Gasteiger partial charge in [0.1, 0.15) is 0 Å². The molecule has 1 aromatic heterocycles. The lowest BCUT2D eigenvalue weighted by Crippen LogP contribution is -2.52. The van der Waals surface area contributed by atoms with E-state index in [0.717, 1.165) is 44.7 Å². The van der Waals surface area contributed by atoms with Gasteiger partial charge in [-0.2, -0.15) is 5.10 Å². The topological polar surface area (TPSA) is 39.1 Å². The third kappa shape index (κ3) is 4.82. The number of hydrogen-bond donors (Lipinski definition) is 1. The Morgan fingerprint density at radius 3 is 2.57 bits per heavy atom. The fourth-order valence-corrected chi connectivity index (χ4v) is 2.85. The molecule has 1 aromatic rings. The first-order valence-corrected chi connectivity index (χ1v) is 8.41. The van der Waals surface area contributed by atoms with Gasteiger partial charge in [-0.25, -0.2) is 0 Å². The van der Waals surface area contributed by atoms with Crippen LogP contribution in [0.25, 0.3) is 0 Å². The number of ether oxygens (including phenoxy) is 1. The summed E-state index contributed by atoms with van der Waals surface area (Å²) in [6, 6.07) is 2.51. The largest absolute Gasteiger partial charge is 0.374 e. The van der Waals surface area contributed by atoms with Gasteiger partial charge in [-0.05, 0) is 53.1 Å². The second-order valence-corrected chi connectivity index (χ2v) is 5.90. The van der Waals surface area contributed by atoms with E-state index in [1.807, 2.05) is 0 Å². The van der Waals surface area contributed by atoms with E-state index in [1.165, 1.54) is 5.69 Å². The van der Waals surface area contributed by atoms with Gasteiger partial charge < -0.3 is 10.1 Å². The molecule has 21 heavy (non-hydrogen) atoms. The molecule has 122 valence electrons. The van der Waals surface area contributed by atoms with Crippen LogP contribution in [0.15, 0.2) is 6.07 Å². The molecule has 0 fully saturated rings. The van der Waals surface area contributed by atoms with Gasteiger partial charge in [0, 0.05) is 31.3 Å². The maximum atomic E-state index is 6.10. The lowest BCUT2D eigenvalue weighted by molar-refractivity contribution is -0.0553. The molecule has 0 radical (unpaired) electrons. The maximum absolute atomic E-state index is 6.10. The SMILES string of the molecule is CCCNC(Cc1cc(C)nn1CC)C(C)(CC)OCC. The minimum Gasteiger partial charge on any atom is -0.374 e. The minimum atomic E-state index is -0.138. The van der Waals surface area contributed by atoms with Crippen LogP contribution >= 0.6 is 0 Å². The Morgan fingerprint density at radius 2 is 2.05 bits per heavy atom. The molecule has 4 nitrogen and oxygen atoms in total. The summed E-state index contributed by atoms with van der Waals surface area (Å²) < 4.78 is 8.21. The number of nitrogens with one attached hydrogen (secondary N) is 1. The van der Waals surface area contributed by atoms with Crippen molar-refractivity contribution in [1.29, 1.82) is 0 Å². The zero-order valence-electron chi connectivity index (χ0n) is 14.7. The van der Waals surface area contributed by atoms with Crippen LogP contribution in [0.1, 0.15) is 58.8 Å². The average molecular weight is 295 g/mol. The van der Waals surface area contributed by atoms with Gasteiger partial charge >= 0.3 is 0 Å². The fourth-order valence-electron chi connectivity index (χ4n) is 2.85. The summed E-state index contributed by atoms with van der Waals surface area (Å²) in [5, 5.41) is 8.25. The minimum absolute atomic E-state index is 0.138. The summed E-state index contributed by atoms with van der Waals surface area (Å²) in [6.07, 6.45) is 3.09. The van der Waals surface area contributed by atoms with E-state index in [-0.39, 0.29) is 5.60 Å². The van der Waals surface area contributed by atoms with E-state index in [4.69, 9.17) is 4.74 Å². The second kappa shape index (κ2) is 8.54. The van der Waals surface area contributed by atoms with E-state index < -0.39 is 0 Å². The van der Waals surface area contributed by atoms with E-state index in [1.54, 1.807) is 0 Å². The molecule has 1 N–H and O–H groups in total. The summed E-state index contributed by atoms with van der Waals surface area (Å²) >= 11 is 0. The first-order valence-electron chi connectivity index (χ1n) is 8.41. The van der Waals surface area contributed by atoms with Crippen LogP contribution in [0, 0.1) is 6.92 Å². The lowest BCUT2D eigenvalue weighted by atomic mass is 9.89. The maximum Gasteiger partial charge on any atom is 0.0807 e. The summed E-state index contributed by atoms with van der Waals surface area (Å²) in [6.45, 7) is 15.6. The predicted molar refractivity (Wildman–Crippen MR) is 88.7 cm³/mol. The Labute approximate surface area is 130 Å². The molecular formula is C17H33N3O. The van der Waals surface area contributed by atoms with Crippen molar-refractivity contribution in [3.63, 3.8) is 0 Å². The van der Waals surface area contributed by atoms with E-state index in [9.17, 15) is 0 Å². The normalized spacial score (nSPS) is 15.9. The Kier molecular flexibility index (Phi) is 7.40. The molecule has 1 heterocycles. The smallest absolute Gasteiger partial charge is 0.0807 e. The lowest BCUT2D eigenvalue weighted by Gasteiger charge is -2.37. The molecule has 0 aliphatic heterocycles. The highest BCUT2D eigenvalue weighted by Gasteiger charge is 2.33. The van der Waals surface area contributed by atoms with Crippen LogP contribution in [-0.4, -0.2) is 34.6 Å². The van der Waals surface area contributed by atoms with E-state index in [0.29, 0.717) is 6.04 Å². The van der Waals surface area contributed by atoms with Crippen LogP contribution in [0.5, 0.6) is 0 Å². The third-order valence-corrected chi connectivity index (χ3v) is 4.25. The summed E-state index contributed by atoms with van der Waals surface area (Å²) in [5.41, 5.74) is 2.25. The number of aromatic nitrogens is 2. The van der Waals surface area contributed by atoms with Gasteiger partial charge in [0.25, 0.3) is 0 Å². The van der Waals surface area contributed by atoms with Crippen molar-refractivity contribution in [3.05, 3.63) is 17.5 Å². The van der Waals surface area contributed by atoms with Crippen molar-refractivity contribution >= 4 is 0 Å². The van der Waals surface area contributed by atoms with Crippen LogP contribution in [0.4, 0.5) is 0 Å². The molecule has 2 unspecified atom stereocenters. The van der Waals surface area contributed by atoms with Crippen molar-refractivity contribution in [2.75, 3.05) is 13.2 Å². The monoisotopic (exact) mass is 295 g/mol. The van der Waals surface area contributed by atoms with Crippen LogP contribution in [0.2, 0.25) is 0 Å². The van der Waals surface area contributed by atoms with Crippen LogP contribution in [-0.2, 0) is 17.7 Å². The predicted octanol–water partition coefficient (Wildman–Crippen LogP) is 3.33. The quantitative estimate of drug-likeness (QED) is 0.719. The van der Waals surface area contributed by atoms with Crippen molar-refractivity contribution < 1.29 is 4.74 Å². The molecule has 0 saturated heterocycles. The highest BCUT2D eigenvalue weighted by atomic mass is 16.5. The van der Waals surface area contributed by atoms with Crippen molar-refractivity contribution in [2.24, 2.45) is 0 Å². The van der Waals surface area contributed by atoms with Gasteiger partial charge in [0.2, 0.25) is 0 Å². The first-order chi connectivity index (χ1) is 10.0. The molecule has 0 saturated carbocycles. The Balaban J connectivity index is 2.95. The standard InChI is InChI=1S/C17H33N3O/c1-7-11-18-16(17(6,8-2)21-10-4)13-15-12-14(5)19-20(15)9-3/h12,16,18H,7-11,13H2,1-6H3. The van der Waals surface area contributed by atoms with E-state index >= 15 is 0 Å². The highest BCUT2D eigenvalue weighted by Crippen LogP contribution is 2.24. The third-order valence-electron chi connectivity index (χ3n) is 4.25. The summed E-state index contributed by atoms with van der Waals surface area (Å²) in [7, 11) is 0. The van der Waals surface area contributed by atoms with Crippen LogP contribution < -0.4 is 5.32 Å². The molecule has 4 heteroatoms. The van der Waals surface area contributed by atoms with Crippen molar-refractivity contribution in [2.45, 2.75) is 79.0 Å². The summed E-state index contributed by atoms with van der Waals surface area (Å²) in [5.74, 6) is 0. The molecule has 0 aliphatic rings. The Bertz CT molecular complexity index is 416. The molecular weight excluding hydrogens is 262 g/mol. The number of rotatable bonds is 10. The second-order valence-electron chi connectivity index (χ2n) is 5.90. The zero-order valence-corrected chi connectivity index (χ0v) is 14.7. The van der Waals surface area contributed by atoms with E-state index in [2.05, 4.69) is 62.7 Å². The number of nitrogens with zero attached hydrogens (tertiary/aromatic N) is 2. The average Bonchev–Trinajstić information content (AvgIpc) is 2.83. The number of hydrogen-bond acceptors (Lipinski definition) is 3. The highest BCUT2D eigenvalue weighted by molar-refractivity contribution is 5.12. The number of aryl methyl sites for hydroxylation is 2. The Morgan fingerprint density at radius 1 is 1.33 bits per heavy atom. The van der Waals surface area contributed by atoms with Crippen molar-refractivity contribution in [1.82, 2.24) is 15.1 Å². The van der Waals surface area contributed by atoms with Gasteiger partial charge in [-0.1, -0.05) is 13.8 Å². The fraction of sp³-hybridized carbons (Fsp3) is 0.824. The molecule has 0 amide bonds. The molecule has 0 spiro atoms. The van der Waals surface area contributed by atoms with Gasteiger partial charge in [-0.3, -0.25) is 4.68 Å². The molecule has 0 aliphatic carbocycles. The van der Waals surface area contributed by atoms with Gasteiger partial charge in [0.05, 0.1) is 11.3 Å². The zero-order chi connectivity index (χ0) is 15.9. The molecule has 0 aromatic carbocycles. The Hall–Kier alpha value is -0.870. The van der Waals surface area contributed by atoms with Gasteiger partial charge in [-0.15, -0.1) is 0 Å². The first kappa shape index (κ1) is 18.2. The molecule has 1 rings (SSSR count). The van der Waals surface area contributed by atoms with Crippen molar-refractivity contribution in [3.8, 4) is 0 Å².